The molecule has 2 atom stereocenters. The number of para-hydroxylation sites is 2. The summed E-state index contributed by atoms with van der Waals surface area (Å²) in [5.74, 6) is 3.17. The Bertz CT molecular complexity index is 640. The van der Waals surface area contributed by atoms with Crippen LogP contribution >= 0.6 is 24.0 Å². The molecule has 2 unspecified atom stereocenters. The van der Waals surface area contributed by atoms with Gasteiger partial charge in [-0.25, -0.2) is 0 Å². The van der Waals surface area contributed by atoms with Crippen LogP contribution in [-0.4, -0.2) is 88.5 Å². The number of hydrogen-bond acceptors (Lipinski definition) is 5. The Kier molecular flexibility index (Phi) is 10.3. The van der Waals surface area contributed by atoms with Gasteiger partial charge in [-0.2, -0.15) is 0 Å². The van der Waals surface area contributed by atoms with Gasteiger partial charge in [-0.15, -0.1) is 24.0 Å². The van der Waals surface area contributed by atoms with E-state index in [9.17, 15) is 0 Å². The van der Waals surface area contributed by atoms with Crippen molar-refractivity contribution in [3.63, 3.8) is 0 Å². The second-order valence-corrected chi connectivity index (χ2v) is 7.52. The molecular weight excluding hydrogens is 483 g/mol. The number of nitrogens with zero attached hydrogens (tertiary/aromatic N) is 3. The quantitative estimate of drug-likeness (QED) is 0.340. The highest BCUT2D eigenvalue weighted by Crippen LogP contribution is 2.26. The Morgan fingerprint density at radius 2 is 1.97 bits per heavy atom. The van der Waals surface area contributed by atoms with E-state index in [1.165, 1.54) is 6.42 Å². The molecule has 0 aliphatic carbocycles. The predicted octanol–water partition coefficient (Wildman–Crippen LogP) is 2.31. The van der Waals surface area contributed by atoms with Gasteiger partial charge >= 0.3 is 0 Å². The number of nitrogens with one attached hydrogen (secondary N) is 1. The first-order valence-electron chi connectivity index (χ1n) is 10.2. The second kappa shape index (κ2) is 12.4. The molecule has 7 nitrogen and oxygen atoms in total. The van der Waals surface area contributed by atoms with Crippen molar-refractivity contribution >= 4 is 29.9 Å². The van der Waals surface area contributed by atoms with Gasteiger partial charge in [0.2, 0.25) is 0 Å². The largest absolute Gasteiger partial charge is 0.493 e. The highest BCUT2D eigenvalue weighted by Gasteiger charge is 2.27. The van der Waals surface area contributed by atoms with Crippen LogP contribution in [0.4, 0.5) is 0 Å². The number of methoxy groups -OCH3 is 1. The molecule has 0 spiro atoms. The Morgan fingerprint density at radius 3 is 2.66 bits per heavy atom. The van der Waals surface area contributed by atoms with Crippen LogP contribution in [-0.2, 0) is 4.74 Å². The first-order valence-corrected chi connectivity index (χ1v) is 10.2. The average molecular weight is 518 g/mol. The van der Waals surface area contributed by atoms with Gasteiger partial charge in [-0.1, -0.05) is 12.1 Å². The molecule has 0 saturated carbocycles. The van der Waals surface area contributed by atoms with Crippen LogP contribution in [0.1, 0.15) is 13.3 Å². The Balaban J connectivity index is 0.00000300. The Hall–Kier alpha value is -1.26. The molecule has 2 aliphatic rings. The predicted molar refractivity (Wildman–Crippen MR) is 127 cm³/mol. The number of hydrogen-bond donors (Lipinski definition) is 1. The van der Waals surface area contributed by atoms with E-state index in [1.54, 1.807) is 7.11 Å². The lowest BCUT2D eigenvalue weighted by atomic mass is 10.1. The molecule has 29 heavy (non-hydrogen) atoms. The van der Waals surface area contributed by atoms with Gasteiger partial charge in [-0.3, -0.25) is 9.89 Å². The van der Waals surface area contributed by atoms with Crippen LogP contribution in [0.25, 0.3) is 0 Å². The smallest absolute Gasteiger partial charge is 0.193 e. The number of rotatable bonds is 7. The fraction of sp³-hybridized carbons (Fsp3) is 0.667. The summed E-state index contributed by atoms with van der Waals surface area (Å²) in [7, 11) is 3.51. The zero-order chi connectivity index (χ0) is 19.8. The van der Waals surface area contributed by atoms with Crippen LogP contribution in [0.2, 0.25) is 0 Å². The molecule has 2 saturated heterocycles. The minimum absolute atomic E-state index is 0. The number of benzene rings is 1. The molecule has 2 heterocycles. The van der Waals surface area contributed by atoms with E-state index in [4.69, 9.17) is 14.2 Å². The van der Waals surface area contributed by atoms with Crippen molar-refractivity contribution in [1.29, 1.82) is 0 Å². The molecule has 0 bridgehead atoms. The number of morpholine rings is 1. The normalized spacial score (nSPS) is 21.4. The summed E-state index contributed by atoms with van der Waals surface area (Å²) in [6.45, 7) is 9.85. The lowest BCUT2D eigenvalue weighted by molar-refractivity contribution is 0.0315. The third kappa shape index (κ3) is 7.18. The van der Waals surface area contributed by atoms with Gasteiger partial charge < -0.3 is 24.4 Å². The fourth-order valence-corrected chi connectivity index (χ4v) is 3.86. The summed E-state index contributed by atoms with van der Waals surface area (Å²) in [5, 5.41) is 3.47. The van der Waals surface area contributed by atoms with Gasteiger partial charge in [0.05, 0.1) is 26.9 Å². The van der Waals surface area contributed by atoms with E-state index in [0.717, 1.165) is 63.4 Å². The van der Waals surface area contributed by atoms with Crippen molar-refractivity contribution in [2.24, 2.45) is 10.9 Å². The highest BCUT2D eigenvalue weighted by atomic mass is 127. The van der Waals surface area contributed by atoms with Gasteiger partial charge in [0.15, 0.2) is 17.5 Å². The topological polar surface area (TPSA) is 58.6 Å². The summed E-state index contributed by atoms with van der Waals surface area (Å²) in [6, 6.07) is 7.74. The number of guanidine groups is 1. The van der Waals surface area contributed by atoms with Crippen molar-refractivity contribution in [2.45, 2.75) is 19.4 Å². The van der Waals surface area contributed by atoms with Crippen molar-refractivity contribution in [3.8, 4) is 11.5 Å². The van der Waals surface area contributed by atoms with E-state index in [0.29, 0.717) is 12.5 Å². The zero-order valence-electron chi connectivity index (χ0n) is 17.8. The molecular formula is C21H35IN4O3. The summed E-state index contributed by atoms with van der Waals surface area (Å²) in [5.41, 5.74) is 0. The van der Waals surface area contributed by atoms with Crippen molar-refractivity contribution in [3.05, 3.63) is 24.3 Å². The number of aliphatic imine (C=N–C) groups is 1. The molecule has 3 rings (SSSR count). The molecule has 1 aromatic rings. The summed E-state index contributed by atoms with van der Waals surface area (Å²) in [4.78, 5) is 9.37. The molecule has 0 aromatic heterocycles. The van der Waals surface area contributed by atoms with Gasteiger partial charge in [0, 0.05) is 39.8 Å². The number of ether oxygens (including phenoxy) is 3. The lowest BCUT2D eigenvalue weighted by Gasteiger charge is -2.29. The lowest BCUT2D eigenvalue weighted by Crippen LogP contribution is -2.44. The highest BCUT2D eigenvalue weighted by molar-refractivity contribution is 14.0. The van der Waals surface area contributed by atoms with E-state index < -0.39 is 0 Å². The average Bonchev–Trinajstić information content (AvgIpc) is 3.18. The molecule has 2 fully saturated rings. The maximum Gasteiger partial charge on any atom is 0.193 e. The fourth-order valence-electron chi connectivity index (χ4n) is 3.86. The Morgan fingerprint density at radius 1 is 1.24 bits per heavy atom. The summed E-state index contributed by atoms with van der Waals surface area (Å²) in [6.07, 6.45) is 1.21. The zero-order valence-corrected chi connectivity index (χ0v) is 20.1. The van der Waals surface area contributed by atoms with Crippen molar-refractivity contribution in [2.75, 3.05) is 66.6 Å². The SMILES string of the molecule is CN=C(NCC(C)Oc1ccccc1OC)N1CCC(CN2CCOCC2)C1.I. The molecule has 2 aliphatic heterocycles. The van der Waals surface area contributed by atoms with Gasteiger partial charge in [-0.05, 0) is 31.4 Å². The monoisotopic (exact) mass is 518 g/mol. The van der Waals surface area contributed by atoms with Crippen LogP contribution in [0.3, 0.4) is 0 Å². The molecule has 164 valence electrons. The molecule has 1 N–H and O–H groups in total. The van der Waals surface area contributed by atoms with E-state index in [1.807, 2.05) is 31.3 Å². The Labute approximate surface area is 191 Å². The maximum atomic E-state index is 6.04. The molecule has 0 radical (unpaired) electrons. The third-order valence-corrected chi connectivity index (χ3v) is 5.36. The van der Waals surface area contributed by atoms with Crippen LogP contribution in [0, 0.1) is 5.92 Å². The third-order valence-electron chi connectivity index (χ3n) is 5.36. The van der Waals surface area contributed by atoms with Crippen LogP contribution in [0.5, 0.6) is 11.5 Å². The maximum absolute atomic E-state index is 6.04. The molecule has 1 aromatic carbocycles. The van der Waals surface area contributed by atoms with E-state index in [2.05, 4.69) is 27.0 Å². The first kappa shape index (κ1) is 24.0. The summed E-state index contributed by atoms with van der Waals surface area (Å²) >= 11 is 0. The number of halogens is 1. The van der Waals surface area contributed by atoms with E-state index in [-0.39, 0.29) is 30.1 Å². The van der Waals surface area contributed by atoms with Crippen LogP contribution in [0.15, 0.2) is 29.3 Å². The second-order valence-electron chi connectivity index (χ2n) is 7.52. The van der Waals surface area contributed by atoms with Gasteiger partial charge in [0.1, 0.15) is 6.10 Å². The van der Waals surface area contributed by atoms with E-state index >= 15 is 0 Å². The minimum atomic E-state index is -0.000185. The van der Waals surface area contributed by atoms with Crippen LogP contribution < -0.4 is 14.8 Å². The molecule has 8 heteroatoms. The van der Waals surface area contributed by atoms with Crippen molar-refractivity contribution < 1.29 is 14.2 Å². The molecule has 0 amide bonds. The first-order chi connectivity index (χ1) is 13.7. The van der Waals surface area contributed by atoms with Crippen molar-refractivity contribution in [1.82, 2.24) is 15.1 Å². The summed E-state index contributed by atoms with van der Waals surface area (Å²) < 4.78 is 16.8. The minimum Gasteiger partial charge on any atom is -0.493 e. The van der Waals surface area contributed by atoms with Gasteiger partial charge in [0.25, 0.3) is 0 Å². The standard InChI is InChI=1S/C21H34N4O3.HI/c1-17(28-20-7-5-4-6-19(20)26-3)14-23-21(22-2)25-9-8-18(16-25)15-24-10-12-27-13-11-24;/h4-7,17-18H,8-16H2,1-3H3,(H,22,23);1H. The number of likely N-dealkylation sites (tertiary alicyclic amines) is 1.